The normalized spacial score (nSPS) is 24.3. The molecule has 0 aromatic heterocycles. The summed E-state index contributed by atoms with van der Waals surface area (Å²) in [5, 5.41) is 0. The molecule has 1 rings (SSSR count). The molecule has 0 aliphatic heterocycles. The number of halogens is 2. The molecule has 18 heavy (non-hydrogen) atoms. The Morgan fingerprint density at radius 2 is 2.22 bits per heavy atom. The van der Waals surface area contributed by atoms with Crippen LogP contribution >= 0.6 is 0 Å². The topological polar surface area (TPSA) is 55.6 Å². The summed E-state index contributed by atoms with van der Waals surface area (Å²) in [5.74, 6) is -0.410. The zero-order valence-corrected chi connectivity index (χ0v) is 10.8. The summed E-state index contributed by atoms with van der Waals surface area (Å²) >= 11 is 0. The first kappa shape index (κ1) is 15.3. The molecule has 0 aromatic rings. The summed E-state index contributed by atoms with van der Waals surface area (Å²) in [6, 6.07) is 0.0172. The third kappa shape index (κ3) is 4.86. The molecule has 1 fully saturated rings. The molecule has 2 unspecified atom stereocenters. The fraction of sp³-hybridized carbons (Fsp3) is 0.917. The van der Waals surface area contributed by atoms with Gasteiger partial charge < -0.3 is 15.4 Å². The third-order valence-corrected chi connectivity index (χ3v) is 3.30. The Morgan fingerprint density at radius 1 is 1.50 bits per heavy atom. The predicted molar refractivity (Wildman–Crippen MR) is 64.4 cm³/mol. The van der Waals surface area contributed by atoms with Crippen molar-refractivity contribution in [2.75, 3.05) is 26.8 Å². The van der Waals surface area contributed by atoms with Gasteiger partial charge in [0.15, 0.2) is 0 Å². The first-order valence-corrected chi connectivity index (χ1v) is 6.36. The minimum atomic E-state index is -2.51. The molecule has 4 nitrogen and oxygen atoms in total. The molecule has 2 N–H and O–H groups in total. The molecule has 0 heterocycles. The van der Waals surface area contributed by atoms with Gasteiger partial charge in [0.25, 0.3) is 6.43 Å². The van der Waals surface area contributed by atoms with Crippen LogP contribution in [0, 0.1) is 5.92 Å². The lowest BCUT2D eigenvalue weighted by Gasteiger charge is -2.31. The van der Waals surface area contributed by atoms with Crippen LogP contribution in [0.4, 0.5) is 8.78 Å². The highest BCUT2D eigenvalue weighted by Crippen LogP contribution is 2.25. The number of hydrogen-bond acceptors (Lipinski definition) is 3. The maximum absolute atomic E-state index is 12.5. The highest BCUT2D eigenvalue weighted by atomic mass is 19.3. The molecule has 6 heteroatoms. The molecule has 1 aliphatic rings. The van der Waals surface area contributed by atoms with Crippen molar-refractivity contribution in [1.29, 1.82) is 0 Å². The van der Waals surface area contributed by atoms with E-state index in [1.807, 2.05) is 0 Å². The molecular formula is C12H22F2N2O2. The summed E-state index contributed by atoms with van der Waals surface area (Å²) in [7, 11) is 1.49. The quantitative estimate of drug-likeness (QED) is 0.785. The van der Waals surface area contributed by atoms with Crippen LogP contribution in [-0.4, -0.2) is 50.1 Å². The summed E-state index contributed by atoms with van der Waals surface area (Å²) in [6.07, 6.45) is 0.648. The number of nitrogens with zero attached hydrogens (tertiary/aromatic N) is 1. The second-order valence-corrected chi connectivity index (χ2v) is 4.79. The molecule has 0 bridgehead atoms. The second-order valence-electron chi connectivity index (χ2n) is 4.79. The van der Waals surface area contributed by atoms with E-state index >= 15 is 0 Å². The first-order valence-electron chi connectivity index (χ1n) is 6.36. The zero-order valence-electron chi connectivity index (χ0n) is 10.8. The lowest BCUT2D eigenvalue weighted by atomic mass is 9.85. The van der Waals surface area contributed by atoms with Gasteiger partial charge in [-0.1, -0.05) is 6.42 Å². The molecule has 106 valence electrons. The number of ether oxygens (including phenoxy) is 1. The minimum Gasteiger partial charge on any atom is -0.383 e. The van der Waals surface area contributed by atoms with Gasteiger partial charge in [0.2, 0.25) is 5.91 Å². The van der Waals surface area contributed by atoms with E-state index in [9.17, 15) is 13.6 Å². The van der Waals surface area contributed by atoms with Gasteiger partial charge in [-0.2, -0.15) is 0 Å². The van der Waals surface area contributed by atoms with E-state index in [-0.39, 0.29) is 31.0 Å². The van der Waals surface area contributed by atoms with Crippen molar-refractivity contribution < 1.29 is 18.3 Å². The van der Waals surface area contributed by atoms with Gasteiger partial charge in [0.1, 0.15) is 0 Å². The average molecular weight is 264 g/mol. The van der Waals surface area contributed by atoms with E-state index < -0.39 is 13.0 Å². The number of carbonyl (C=O) groups excluding carboxylic acids is 1. The van der Waals surface area contributed by atoms with Crippen LogP contribution in [-0.2, 0) is 9.53 Å². The van der Waals surface area contributed by atoms with Gasteiger partial charge in [0, 0.05) is 25.6 Å². The molecule has 1 aliphatic carbocycles. The zero-order chi connectivity index (χ0) is 13.5. The Kier molecular flexibility index (Phi) is 6.49. The Balaban J connectivity index is 2.56. The van der Waals surface area contributed by atoms with Crippen LogP contribution in [0.2, 0.25) is 0 Å². The smallest absolute Gasteiger partial charge is 0.255 e. The molecule has 1 saturated carbocycles. The molecule has 0 saturated heterocycles. The first-order chi connectivity index (χ1) is 8.54. The van der Waals surface area contributed by atoms with E-state index in [0.29, 0.717) is 6.42 Å². The van der Waals surface area contributed by atoms with Gasteiger partial charge in [-0.05, 0) is 19.3 Å². The maximum Gasteiger partial charge on any atom is 0.255 e. The average Bonchev–Trinajstić information content (AvgIpc) is 2.33. The van der Waals surface area contributed by atoms with Crippen molar-refractivity contribution in [3.63, 3.8) is 0 Å². The Morgan fingerprint density at radius 3 is 2.78 bits per heavy atom. The number of hydrogen-bond donors (Lipinski definition) is 1. The Bertz CT molecular complexity index is 264. The molecular weight excluding hydrogens is 242 g/mol. The van der Waals surface area contributed by atoms with E-state index in [1.165, 1.54) is 12.0 Å². The lowest BCUT2D eigenvalue weighted by molar-refractivity contribution is -0.139. The van der Waals surface area contributed by atoms with E-state index in [1.54, 1.807) is 0 Å². The van der Waals surface area contributed by atoms with E-state index in [2.05, 4.69) is 0 Å². The van der Waals surface area contributed by atoms with E-state index in [4.69, 9.17) is 10.5 Å². The van der Waals surface area contributed by atoms with Crippen molar-refractivity contribution in [3.05, 3.63) is 0 Å². The van der Waals surface area contributed by atoms with Gasteiger partial charge in [0.05, 0.1) is 13.2 Å². The summed E-state index contributed by atoms with van der Waals surface area (Å²) < 4.78 is 29.8. The van der Waals surface area contributed by atoms with Gasteiger partial charge in [-0.15, -0.1) is 0 Å². The van der Waals surface area contributed by atoms with Crippen molar-refractivity contribution >= 4 is 5.91 Å². The highest BCUT2D eigenvalue weighted by molar-refractivity contribution is 5.79. The van der Waals surface area contributed by atoms with Crippen LogP contribution in [0.25, 0.3) is 0 Å². The van der Waals surface area contributed by atoms with Gasteiger partial charge in [-0.25, -0.2) is 8.78 Å². The van der Waals surface area contributed by atoms with Crippen molar-refractivity contribution in [3.8, 4) is 0 Å². The molecule has 0 radical (unpaired) electrons. The summed E-state index contributed by atoms with van der Waals surface area (Å²) in [5.41, 5.74) is 5.82. The summed E-state index contributed by atoms with van der Waals surface area (Å²) in [4.78, 5) is 13.4. The monoisotopic (exact) mass is 264 g/mol. The van der Waals surface area contributed by atoms with Crippen molar-refractivity contribution in [2.45, 2.75) is 38.2 Å². The third-order valence-electron chi connectivity index (χ3n) is 3.30. The Labute approximate surface area is 106 Å². The molecule has 1 amide bonds. The van der Waals surface area contributed by atoms with Crippen molar-refractivity contribution in [1.82, 2.24) is 4.90 Å². The SMILES string of the molecule is COCCN(CC(F)F)C(=O)C1CCCC(N)C1. The second kappa shape index (κ2) is 7.63. The molecule has 2 atom stereocenters. The van der Waals surface area contributed by atoms with Crippen molar-refractivity contribution in [2.24, 2.45) is 11.7 Å². The van der Waals surface area contributed by atoms with Gasteiger partial charge in [-0.3, -0.25) is 4.79 Å². The standard InChI is InChI=1S/C12H22F2N2O2/c1-18-6-5-16(8-11(13)14)12(17)9-3-2-4-10(15)7-9/h9-11H,2-8,15H2,1H3. The van der Waals surface area contributed by atoms with Crippen LogP contribution in [0.15, 0.2) is 0 Å². The fourth-order valence-corrected chi connectivity index (χ4v) is 2.37. The largest absolute Gasteiger partial charge is 0.383 e. The van der Waals surface area contributed by atoms with Crippen LogP contribution in [0.1, 0.15) is 25.7 Å². The summed E-state index contributed by atoms with van der Waals surface area (Å²) in [6.45, 7) is -0.0312. The van der Waals surface area contributed by atoms with Crippen LogP contribution in [0.5, 0.6) is 0 Å². The molecule has 0 spiro atoms. The maximum atomic E-state index is 12.5. The molecule has 0 aromatic carbocycles. The van der Waals surface area contributed by atoms with Gasteiger partial charge >= 0.3 is 0 Å². The number of alkyl halides is 2. The number of methoxy groups -OCH3 is 1. The lowest BCUT2D eigenvalue weighted by Crippen LogP contribution is -2.44. The van der Waals surface area contributed by atoms with Crippen LogP contribution < -0.4 is 5.73 Å². The predicted octanol–water partition coefficient (Wildman–Crippen LogP) is 1.24. The Hall–Kier alpha value is -0.750. The number of nitrogens with two attached hydrogens (primary N) is 1. The van der Waals surface area contributed by atoms with Crippen LogP contribution in [0.3, 0.4) is 0 Å². The highest BCUT2D eigenvalue weighted by Gasteiger charge is 2.29. The number of carbonyl (C=O) groups is 1. The number of amides is 1. The fourth-order valence-electron chi connectivity index (χ4n) is 2.37. The minimum absolute atomic E-state index is 0.0172. The number of rotatable bonds is 6. The van der Waals surface area contributed by atoms with E-state index in [0.717, 1.165) is 19.3 Å².